The van der Waals surface area contributed by atoms with Gasteiger partial charge in [0.05, 0.1) is 0 Å². The van der Waals surface area contributed by atoms with Gasteiger partial charge < -0.3 is 0 Å². The van der Waals surface area contributed by atoms with Gasteiger partial charge >= 0.3 is 93.3 Å². The van der Waals surface area contributed by atoms with Crippen LogP contribution in [-0.4, -0.2) is 14.5 Å². The molecule has 0 aliphatic rings. The monoisotopic (exact) mass is 254 g/mol. The molecule has 0 bridgehead atoms. The predicted molar refractivity (Wildman–Crippen MR) is 63.8 cm³/mol. The second kappa shape index (κ2) is 6.93. The van der Waals surface area contributed by atoms with E-state index in [1.165, 1.54) is 42.1 Å². The first-order valence-corrected chi connectivity index (χ1v) is 7.21. The molecule has 0 aliphatic heterocycles. The van der Waals surface area contributed by atoms with Crippen molar-refractivity contribution in [3.63, 3.8) is 0 Å². The third-order valence-corrected chi connectivity index (χ3v) is 4.10. The molecule has 0 saturated heterocycles. The van der Waals surface area contributed by atoms with E-state index in [1.54, 1.807) is 0 Å². The van der Waals surface area contributed by atoms with Gasteiger partial charge in [-0.1, -0.05) is 0 Å². The first-order valence-electron chi connectivity index (χ1n) is 5.37. The normalized spacial score (nSPS) is 9.57. The zero-order chi connectivity index (χ0) is 10.2. The van der Waals surface area contributed by atoms with Gasteiger partial charge in [-0.25, -0.2) is 0 Å². The van der Waals surface area contributed by atoms with Gasteiger partial charge in [-0.3, -0.25) is 0 Å². The van der Waals surface area contributed by atoms with Crippen LogP contribution in [-0.2, 0) is 6.42 Å². The third kappa shape index (κ3) is 4.18. The van der Waals surface area contributed by atoms with E-state index in [2.05, 4.69) is 29.8 Å². The number of rotatable bonds is 5. The van der Waals surface area contributed by atoms with Crippen molar-refractivity contribution in [3.8, 4) is 11.8 Å². The van der Waals surface area contributed by atoms with E-state index in [4.69, 9.17) is 0 Å². The van der Waals surface area contributed by atoms with Crippen LogP contribution in [0, 0.1) is 11.8 Å². The summed E-state index contributed by atoms with van der Waals surface area (Å²) in [5, 5.41) is 0. The van der Waals surface area contributed by atoms with Crippen LogP contribution >= 0.6 is 0 Å². The number of aryl methyl sites for hydroxylation is 1. The molecule has 0 N–H and O–H groups in total. The molecule has 0 aliphatic carbocycles. The molecule has 0 aromatic carbocycles. The van der Waals surface area contributed by atoms with Crippen LogP contribution in [0.1, 0.15) is 49.5 Å². The van der Waals surface area contributed by atoms with Crippen LogP contribution in [0.25, 0.3) is 0 Å². The second-order valence-electron chi connectivity index (χ2n) is 3.50. The van der Waals surface area contributed by atoms with E-state index in [0.29, 0.717) is 14.5 Å². The first-order chi connectivity index (χ1) is 6.86. The quantitative estimate of drug-likeness (QED) is 0.429. The SMILES string of the molecule is CC#Cc1cc(CCCCCC)c[se]1. The summed E-state index contributed by atoms with van der Waals surface area (Å²) in [7, 11) is 0. The summed E-state index contributed by atoms with van der Waals surface area (Å²) in [6.45, 7) is 4.17. The van der Waals surface area contributed by atoms with Gasteiger partial charge in [-0.05, 0) is 0 Å². The van der Waals surface area contributed by atoms with Gasteiger partial charge in [0.25, 0.3) is 0 Å². The van der Waals surface area contributed by atoms with Crippen molar-refractivity contribution in [1.82, 2.24) is 0 Å². The zero-order valence-corrected chi connectivity index (χ0v) is 10.8. The molecule has 0 spiro atoms. The van der Waals surface area contributed by atoms with Crippen LogP contribution in [0.4, 0.5) is 0 Å². The Morgan fingerprint density at radius 2 is 2.14 bits per heavy atom. The fourth-order valence-corrected chi connectivity index (χ4v) is 3.22. The molecular formula is C13H18Se. The second-order valence-corrected chi connectivity index (χ2v) is 5.42. The van der Waals surface area contributed by atoms with Crippen molar-refractivity contribution in [2.24, 2.45) is 0 Å². The maximum atomic E-state index is 3.16. The predicted octanol–water partition coefficient (Wildman–Crippen LogP) is 3.24. The fourth-order valence-electron chi connectivity index (χ4n) is 1.45. The van der Waals surface area contributed by atoms with E-state index < -0.39 is 0 Å². The number of hydrogen-bond donors (Lipinski definition) is 0. The Morgan fingerprint density at radius 1 is 1.29 bits per heavy atom. The van der Waals surface area contributed by atoms with Gasteiger partial charge in [0.2, 0.25) is 0 Å². The summed E-state index contributed by atoms with van der Waals surface area (Å²) < 4.78 is 1.35. The molecule has 0 amide bonds. The number of unbranched alkanes of at least 4 members (excludes halogenated alkanes) is 3. The molecule has 76 valence electrons. The standard InChI is InChI=1S/C13H18Se/c1-3-5-6-7-9-12-10-13(8-4-2)14-11-12/h10-11H,3,5-7,9H2,1-2H3. The summed E-state index contributed by atoms with van der Waals surface area (Å²) in [6, 6.07) is 2.29. The molecule has 0 radical (unpaired) electrons. The van der Waals surface area contributed by atoms with Crippen molar-refractivity contribution in [2.75, 3.05) is 0 Å². The summed E-state index contributed by atoms with van der Waals surface area (Å²) in [6.07, 6.45) is 6.69. The third-order valence-electron chi connectivity index (χ3n) is 2.22. The Hall–Kier alpha value is -0.441. The Kier molecular flexibility index (Phi) is 5.76. The van der Waals surface area contributed by atoms with Crippen LogP contribution < -0.4 is 0 Å². The molecule has 0 fully saturated rings. The molecular weight excluding hydrogens is 235 g/mol. The first kappa shape index (κ1) is 11.6. The summed E-state index contributed by atoms with van der Waals surface area (Å²) >= 11 is 0.531. The van der Waals surface area contributed by atoms with E-state index >= 15 is 0 Å². The number of hydrogen-bond acceptors (Lipinski definition) is 0. The summed E-state index contributed by atoms with van der Waals surface area (Å²) in [5.74, 6) is 6.13. The Morgan fingerprint density at radius 3 is 2.86 bits per heavy atom. The Bertz CT molecular complexity index is 311. The van der Waals surface area contributed by atoms with E-state index in [1.807, 2.05) is 6.92 Å². The van der Waals surface area contributed by atoms with Crippen molar-refractivity contribution >= 4 is 14.5 Å². The molecule has 0 saturated carbocycles. The van der Waals surface area contributed by atoms with Crippen LogP contribution in [0.2, 0.25) is 0 Å². The topological polar surface area (TPSA) is 0 Å². The summed E-state index contributed by atoms with van der Waals surface area (Å²) in [4.78, 5) is 2.39. The van der Waals surface area contributed by atoms with Gasteiger partial charge in [-0.2, -0.15) is 0 Å². The van der Waals surface area contributed by atoms with Crippen molar-refractivity contribution < 1.29 is 0 Å². The molecule has 0 unspecified atom stereocenters. The fraction of sp³-hybridized carbons (Fsp3) is 0.538. The van der Waals surface area contributed by atoms with Crippen molar-refractivity contribution in [1.29, 1.82) is 0 Å². The van der Waals surface area contributed by atoms with Crippen molar-refractivity contribution in [3.05, 3.63) is 21.0 Å². The Labute approximate surface area is 93.5 Å². The molecule has 1 rings (SSSR count). The molecule has 0 nitrogen and oxygen atoms in total. The van der Waals surface area contributed by atoms with Crippen molar-refractivity contribution in [2.45, 2.75) is 46.0 Å². The van der Waals surface area contributed by atoms with Crippen LogP contribution in [0.15, 0.2) is 11.0 Å². The average Bonchev–Trinajstić information content (AvgIpc) is 2.61. The van der Waals surface area contributed by atoms with E-state index in [-0.39, 0.29) is 0 Å². The minimum absolute atomic E-state index is 0.531. The van der Waals surface area contributed by atoms with E-state index in [9.17, 15) is 0 Å². The molecule has 1 aromatic rings. The summed E-state index contributed by atoms with van der Waals surface area (Å²) in [5.41, 5.74) is 1.53. The van der Waals surface area contributed by atoms with Gasteiger partial charge in [0.1, 0.15) is 0 Å². The zero-order valence-electron chi connectivity index (χ0n) is 9.10. The molecule has 1 heteroatoms. The van der Waals surface area contributed by atoms with Crippen LogP contribution in [0.5, 0.6) is 0 Å². The molecule has 1 heterocycles. The minimum atomic E-state index is 0.531. The Balaban J connectivity index is 2.31. The molecule has 14 heavy (non-hydrogen) atoms. The van der Waals surface area contributed by atoms with E-state index in [0.717, 1.165) is 0 Å². The van der Waals surface area contributed by atoms with Crippen LogP contribution in [0.3, 0.4) is 0 Å². The molecule has 0 atom stereocenters. The van der Waals surface area contributed by atoms with Gasteiger partial charge in [0.15, 0.2) is 0 Å². The average molecular weight is 253 g/mol. The van der Waals surface area contributed by atoms with Gasteiger partial charge in [-0.15, -0.1) is 0 Å². The molecule has 1 aromatic heterocycles. The van der Waals surface area contributed by atoms with Gasteiger partial charge in [0, 0.05) is 0 Å². The maximum absolute atomic E-state index is 3.16.